The van der Waals surface area contributed by atoms with Crippen molar-refractivity contribution in [3.63, 3.8) is 0 Å². The third kappa shape index (κ3) is 8.48. The van der Waals surface area contributed by atoms with Crippen LogP contribution in [0.1, 0.15) is 61.6 Å². The molecular formula is C27H31F6N3O3S. The van der Waals surface area contributed by atoms with Crippen LogP contribution in [0.25, 0.3) is 0 Å². The number of carbonyl (C=O) groups excluding carboxylic acids is 2. The first-order chi connectivity index (χ1) is 18.9. The predicted molar refractivity (Wildman–Crippen MR) is 139 cm³/mol. The van der Waals surface area contributed by atoms with Crippen LogP contribution in [0.4, 0.5) is 31.1 Å². The second kappa shape index (κ2) is 13.0. The highest BCUT2D eigenvalue weighted by Gasteiger charge is 2.38. The van der Waals surface area contributed by atoms with E-state index in [2.05, 4.69) is 15.6 Å². The number of amides is 2. The number of aliphatic imine (C=N–C) groups is 1. The van der Waals surface area contributed by atoms with Crippen LogP contribution < -0.4 is 10.6 Å². The molecule has 0 bridgehead atoms. The summed E-state index contributed by atoms with van der Waals surface area (Å²) in [5.74, 6) is 0.628. The van der Waals surface area contributed by atoms with Crippen LogP contribution in [0.15, 0.2) is 34.2 Å². The Labute approximate surface area is 232 Å². The lowest BCUT2D eigenvalue weighted by molar-refractivity contribution is -0.143. The van der Waals surface area contributed by atoms with Crippen LogP contribution in [0.5, 0.6) is 0 Å². The third-order valence-electron chi connectivity index (χ3n) is 7.36. The Morgan fingerprint density at radius 2 is 1.88 bits per heavy atom. The molecule has 2 aliphatic heterocycles. The van der Waals surface area contributed by atoms with E-state index < -0.39 is 23.5 Å². The molecule has 2 unspecified atom stereocenters. The zero-order valence-corrected chi connectivity index (χ0v) is 22.5. The van der Waals surface area contributed by atoms with E-state index in [1.54, 1.807) is 0 Å². The third-order valence-corrected chi connectivity index (χ3v) is 8.20. The van der Waals surface area contributed by atoms with Crippen molar-refractivity contribution < 1.29 is 40.7 Å². The molecule has 6 nitrogen and oxygen atoms in total. The molecule has 2 atom stereocenters. The molecule has 2 saturated heterocycles. The smallest absolute Gasteiger partial charge is 0.377 e. The first-order valence-electron chi connectivity index (χ1n) is 13.3. The molecule has 1 saturated carbocycles. The summed E-state index contributed by atoms with van der Waals surface area (Å²) in [6, 6.07) is 1.85. The van der Waals surface area contributed by atoms with E-state index in [1.807, 2.05) is 6.08 Å². The molecule has 2 heterocycles. The van der Waals surface area contributed by atoms with Gasteiger partial charge in [0.15, 0.2) is 0 Å². The van der Waals surface area contributed by atoms with Crippen LogP contribution in [0.3, 0.4) is 0 Å². The highest BCUT2D eigenvalue weighted by molar-refractivity contribution is 8.18. The molecule has 4 rings (SSSR count). The fourth-order valence-electron chi connectivity index (χ4n) is 5.20. The number of allylic oxidation sites excluding steroid dienone is 1. The Bertz CT molecular complexity index is 1150. The lowest BCUT2D eigenvalue weighted by atomic mass is 9.91. The van der Waals surface area contributed by atoms with Crippen molar-refractivity contribution >= 4 is 28.7 Å². The number of hydrogen-bond donors (Lipinski definition) is 2. The number of halogens is 6. The van der Waals surface area contributed by atoms with Crippen molar-refractivity contribution in [3.05, 3.63) is 45.9 Å². The van der Waals surface area contributed by atoms with Crippen LogP contribution in [-0.2, 0) is 28.3 Å². The van der Waals surface area contributed by atoms with Crippen molar-refractivity contribution in [1.29, 1.82) is 0 Å². The molecule has 13 heteroatoms. The molecule has 2 amide bonds. The van der Waals surface area contributed by atoms with Crippen molar-refractivity contribution in [1.82, 2.24) is 10.6 Å². The predicted octanol–water partition coefficient (Wildman–Crippen LogP) is 6.50. The van der Waals surface area contributed by atoms with E-state index in [-0.39, 0.29) is 47.7 Å². The number of alkyl halides is 6. The molecule has 3 fully saturated rings. The molecule has 0 spiro atoms. The SMILES string of the molecule is O=C(CN=C1NC(=O)SC1=CC1CCCC(CCCc2ccc(C(F)(F)F)cc2C(F)(F)F)CC1)NC1COC1. The van der Waals surface area contributed by atoms with E-state index >= 15 is 0 Å². The van der Waals surface area contributed by atoms with Crippen molar-refractivity contribution in [2.75, 3.05) is 19.8 Å². The zero-order valence-electron chi connectivity index (χ0n) is 21.7. The molecule has 0 aromatic heterocycles. The van der Waals surface area contributed by atoms with E-state index in [0.29, 0.717) is 48.8 Å². The second-order valence-corrected chi connectivity index (χ2v) is 11.4. The number of ether oxygens (including phenoxy) is 1. The van der Waals surface area contributed by atoms with Gasteiger partial charge in [0.25, 0.3) is 5.24 Å². The monoisotopic (exact) mass is 591 g/mol. The number of carbonyl (C=O) groups is 2. The summed E-state index contributed by atoms with van der Waals surface area (Å²) in [5, 5.41) is 5.22. The number of aryl methyl sites for hydroxylation is 1. The number of nitrogens with one attached hydrogen (secondary N) is 2. The molecule has 1 aromatic rings. The Morgan fingerprint density at radius 3 is 2.55 bits per heavy atom. The molecule has 2 N–H and O–H groups in total. The average Bonchev–Trinajstić information content (AvgIpc) is 3.04. The van der Waals surface area contributed by atoms with Gasteiger partial charge in [0, 0.05) is 0 Å². The maximum atomic E-state index is 13.4. The minimum absolute atomic E-state index is 0.00387. The Kier molecular flexibility index (Phi) is 9.86. The highest BCUT2D eigenvalue weighted by atomic mass is 32.2. The van der Waals surface area contributed by atoms with E-state index in [4.69, 9.17) is 4.74 Å². The average molecular weight is 592 g/mol. The standard InChI is InChI=1S/C27H31F6N3O3S/c28-26(29,30)19-10-9-18(21(12-19)27(31,32)33)6-2-4-16-3-1-5-17(8-7-16)11-22-24(36-25(38)40-22)34-13-23(37)35-20-14-39-15-20/h9-12,16-17,20H,1-8,13-15H2,(H,35,37)(H,34,36,38). The topological polar surface area (TPSA) is 79.8 Å². The molecule has 220 valence electrons. The molecule has 0 radical (unpaired) electrons. The number of benzene rings is 1. The van der Waals surface area contributed by atoms with E-state index in [1.165, 1.54) is 0 Å². The van der Waals surface area contributed by atoms with Crippen molar-refractivity contribution in [2.24, 2.45) is 16.8 Å². The van der Waals surface area contributed by atoms with Gasteiger partial charge in [-0.2, -0.15) is 26.3 Å². The number of thioether (sulfide) groups is 1. The van der Waals surface area contributed by atoms with Gasteiger partial charge in [-0.1, -0.05) is 31.4 Å². The van der Waals surface area contributed by atoms with Gasteiger partial charge >= 0.3 is 12.4 Å². The number of rotatable bonds is 8. The van der Waals surface area contributed by atoms with Gasteiger partial charge in [-0.15, -0.1) is 0 Å². The van der Waals surface area contributed by atoms with Gasteiger partial charge in [0.1, 0.15) is 12.4 Å². The molecule has 40 heavy (non-hydrogen) atoms. The first-order valence-corrected chi connectivity index (χ1v) is 14.1. The number of nitrogens with zero attached hydrogens (tertiary/aromatic N) is 1. The van der Waals surface area contributed by atoms with Crippen LogP contribution >= 0.6 is 11.8 Å². The minimum atomic E-state index is -4.86. The summed E-state index contributed by atoms with van der Waals surface area (Å²) < 4.78 is 84.1. The summed E-state index contributed by atoms with van der Waals surface area (Å²) >= 11 is 1.04. The zero-order chi connectivity index (χ0) is 28.9. The largest absolute Gasteiger partial charge is 0.416 e. The summed E-state index contributed by atoms with van der Waals surface area (Å²) in [5.41, 5.74) is -2.64. The van der Waals surface area contributed by atoms with Gasteiger partial charge in [-0.3, -0.25) is 14.6 Å². The lowest BCUT2D eigenvalue weighted by Gasteiger charge is -2.26. The Balaban J connectivity index is 1.29. The molecular weight excluding hydrogens is 560 g/mol. The fraction of sp³-hybridized carbons (Fsp3) is 0.593. The van der Waals surface area contributed by atoms with Crippen LogP contribution in [0.2, 0.25) is 0 Å². The number of amidine groups is 1. The van der Waals surface area contributed by atoms with Crippen molar-refractivity contribution in [2.45, 2.75) is 69.8 Å². The normalized spacial score (nSPS) is 24.6. The lowest BCUT2D eigenvalue weighted by Crippen LogP contribution is -2.49. The maximum Gasteiger partial charge on any atom is 0.416 e. The minimum Gasteiger partial charge on any atom is -0.377 e. The highest BCUT2D eigenvalue weighted by Crippen LogP contribution is 2.39. The second-order valence-electron chi connectivity index (χ2n) is 10.4. The van der Waals surface area contributed by atoms with Crippen LogP contribution in [0, 0.1) is 11.8 Å². The summed E-state index contributed by atoms with van der Waals surface area (Å²) in [6.07, 6.45) is -2.07. The van der Waals surface area contributed by atoms with E-state index in [0.717, 1.165) is 49.9 Å². The molecule has 3 aliphatic rings. The fourth-order valence-corrected chi connectivity index (χ4v) is 6.02. The Hall–Kier alpha value is -2.54. The van der Waals surface area contributed by atoms with Gasteiger partial charge < -0.3 is 15.4 Å². The Morgan fingerprint density at radius 1 is 1.10 bits per heavy atom. The quantitative estimate of drug-likeness (QED) is 0.267. The first kappa shape index (κ1) is 30.4. The molecule has 1 aromatic carbocycles. The van der Waals surface area contributed by atoms with Crippen molar-refractivity contribution in [3.8, 4) is 0 Å². The van der Waals surface area contributed by atoms with Gasteiger partial charge in [-0.25, -0.2) is 0 Å². The molecule has 1 aliphatic carbocycles. The maximum absolute atomic E-state index is 13.4. The summed E-state index contributed by atoms with van der Waals surface area (Å²) in [4.78, 5) is 29.0. The van der Waals surface area contributed by atoms with Gasteiger partial charge in [0.2, 0.25) is 5.91 Å². The summed E-state index contributed by atoms with van der Waals surface area (Å²) in [6.45, 7) is 0.852. The summed E-state index contributed by atoms with van der Waals surface area (Å²) in [7, 11) is 0. The van der Waals surface area contributed by atoms with Gasteiger partial charge in [0.05, 0.1) is 35.3 Å². The van der Waals surface area contributed by atoms with E-state index in [9.17, 15) is 35.9 Å². The van der Waals surface area contributed by atoms with Crippen LogP contribution in [-0.4, -0.2) is 42.8 Å². The number of hydrogen-bond acceptors (Lipinski definition) is 5. The van der Waals surface area contributed by atoms with Gasteiger partial charge in [-0.05, 0) is 73.4 Å².